The number of rotatable bonds is 2. The summed E-state index contributed by atoms with van der Waals surface area (Å²) in [5, 5.41) is 0. The number of Topliss-reactive ketones (excluding diaryl/α,β-unsaturated/α-hetero) is 2. The Morgan fingerprint density at radius 3 is 2.03 bits per heavy atom. The summed E-state index contributed by atoms with van der Waals surface area (Å²) >= 11 is 0. The molecule has 0 amide bonds. The van der Waals surface area contributed by atoms with E-state index >= 15 is 0 Å². The molecule has 142 valence electrons. The molecular formula is C26H20O3. The number of carbonyl (C=O) groups is 2. The Balaban J connectivity index is 1.67. The molecule has 0 saturated carbocycles. The molecule has 3 aromatic rings. The molecule has 1 heterocycles. The van der Waals surface area contributed by atoms with Gasteiger partial charge in [0.05, 0.1) is 5.57 Å². The molecule has 29 heavy (non-hydrogen) atoms. The lowest BCUT2D eigenvalue weighted by Gasteiger charge is -2.36. The fourth-order valence-corrected chi connectivity index (χ4v) is 4.30. The lowest BCUT2D eigenvalue weighted by atomic mass is 9.75. The molecule has 0 aromatic heterocycles. The highest BCUT2D eigenvalue weighted by molar-refractivity contribution is 6.26. The van der Waals surface area contributed by atoms with E-state index in [-0.39, 0.29) is 29.3 Å². The van der Waals surface area contributed by atoms with Crippen molar-refractivity contribution in [2.24, 2.45) is 0 Å². The third kappa shape index (κ3) is 2.90. The first-order chi connectivity index (χ1) is 14.1. The van der Waals surface area contributed by atoms with Crippen molar-refractivity contribution < 1.29 is 14.3 Å². The van der Waals surface area contributed by atoms with Crippen molar-refractivity contribution in [1.29, 1.82) is 0 Å². The minimum absolute atomic E-state index is 0.105. The molecule has 0 saturated heterocycles. The lowest BCUT2D eigenvalue weighted by Crippen LogP contribution is -2.32. The Hall–Kier alpha value is -3.46. The van der Waals surface area contributed by atoms with Gasteiger partial charge in [0.1, 0.15) is 6.10 Å². The Morgan fingerprint density at radius 1 is 0.724 bits per heavy atom. The van der Waals surface area contributed by atoms with Gasteiger partial charge in [-0.2, -0.15) is 0 Å². The van der Waals surface area contributed by atoms with Gasteiger partial charge in [0.15, 0.2) is 11.5 Å². The van der Waals surface area contributed by atoms with Crippen molar-refractivity contribution >= 4 is 11.6 Å². The molecule has 0 fully saturated rings. The molecule has 0 N–H and O–H groups in total. The molecule has 1 aliphatic heterocycles. The fraction of sp³-hybridized carbons (Fsp3) is 0.154. The zero-order chi connectivity index (χ0) is 20.0. The highest BCUT2D eigenvalue weighted by Crippen LogP contribution is 2.47. The molecule has 3 nitrogen and oxygen atoms in total. The highest BCUT2D eigenvalue weighted by atomic mass is 16.5. The standard InChI is InChI=1S/C26H20O3/c1-16-11-13-18(14-12-16)22-15-21(17-7-3-2-4-8-17)23-24(27)19-9-5-6-10-20(19)25(28)26(23)29-22/h2-14,21-22H,15H2,1H3. The number of hydrogen-bond acceptors (Lipinski definition) is 3. The van der Waals surface area contributed by atoms with E-state index in [1.807, 2.05) is 61.5 Å². The van der Waals surface area contributed by atoms with Crippen molar-refractivity contribution in [2.45, 2.75) is 25.4 Å². The summed E-state index contributed by atoms with van der Waals surface area (Å²) in [6.07, 6.45) is 0.342. The van der Waals surface area contributed by atoms with E-state index in [0.717, 1.165) is 11.1 Å². The van der Waals surface area contributed by atoms with Gasteiger partial charge in [0.25, 0.3) is 0 Å². The van der Waals surface area contributed by atoms with Gasteiger partial charge in [-0.25, -0.2) is 0 Å². The van der Waals surface area contributed by atoms with Crippen LogP contribution < -0.4 is 0 Å². The zero-order valence-corrected chi connectivity index (χ0v) is 16.1. The maximum Gasteiger partial charge on any atom is 0.228 e. The van der Waals surface area contributed by atoms with Gasteiger partial charge in [-0.1, -0.05) is 84.4 Å². The average Bonchev–Trinajstić information content (AvgIpc) is 2.78. The minimum Gasteiger partial charge on any atom is -0.481 e. The largest absolute Gasteiger partial charge is 0.481 e. The first kappa shape index (κ1) is 17.6. The van der Waals surface area contributed by atoms with Crippen molar-refractivity contribution in [1.82, 2.24) is 0 Å². The Labute approximate surface area is 169 Å². The van der Waals surface area contributed by atoms with E-state index in [0.29, 0.717) is 23.1 Å². The maximum absolute atomic E-state index is 13.4. The number of aryl methyl sites for hydroxylation is 1. The molecule has 3 aromatic carbocycles. The van der Waals surface area contributed by atoms with Gasteiger partial charge in [0.2, 0.25) is 5.78 Å². The van der Waals surface area contributed by atoms with Gasteiger partial charge in [-0.05, 0) is 24.5 Å². The van der Waals surface area contributed by atoms with Crippen molar-refractivity contribution in [3.8, 4) is 0 Å². The lowest BCUT2D eigenvalue weighted by molar-refractivity contribution is 0.0584. The molecule has 2 unspecified atom stereocenters. The number of fused-ring (bicyclic) bond motifs is 1. The SMILES string of the molecule is Cc1ccc(C2CC(c3ccccc3)C3=C(O2)C(=O)c2ccccc2C3=O)cc1. The molecule has 0 radical (unpaired) electrons. The third-order valence-electron chi connectivity index (χ3n) is 5.82. The van der Waals surface area contributed by atoms with Gasteiger partial charge in [-0.3, -0.25) is 9.59 Å². The Morgan fingerprint density at radius 2 is 1.34 bits per heavy atom. The van der Waals surface area contributed by atoms with Crippen molar-refractivity contribution in [3.05, 3.63) is 118 Å². The van der Waals surface area contributed by atoms with E-state index in [2.05, 4.69) is 0 Å². The maximum atomic E-state index is 13.4. The van der Waals surface area contributed by atoms with Crippen molar-refractivity contribution in [3.63, 3.8) is 0 Å². The molecule has 0 bridgehead atoms. The first-order valence-electron chi connectivity index (χ1n) is 9.84. The second-order valence-corrected chi connectivity index (χ2v) is 7.66. The molecule has 5 rings (SSSR count). The number of benzene rings is 3. The molecule has 0 spiro atoms. The fourth-order valence-electron chi connectivity index (χ4n) is 4.30. The van der Waals surface area contributed by atoms with Gasteiger partial charge >= 0.3 is 0 Å². The summed E-state index contributed by atoms with van der Waals surface area (Å²) in [6.45, 7) is 2.04. The summed E-state index contributed by atoms with van der Waals surface area (Å²) in [7, 11) is 0. The van der Waals surface area contributed by atoms with Crippen LogP contribution in [0.4, 0.5) is 0 Å². The summed E-state index contributed by atoms with van der Waals surface area (Å²) in [4.78, 5) is 26.6. The predicted molar refractivity (Wildman–Crippen MR) is 111 cm³/mol. The minimum atomic E-state index is -0.276. The van der Waals surface area contributed by atoms with Crippen LogP contribution in [0.2, 0.25) is 0 Å². The number of hydrogen-bond donors (Lipinski definition) is 0. The van der Waals surface area contributed by atoms with Gasteiger partial charge < -0.3 is 4.74 Å². The second kappa shape index (κ2) is 6.85. The molecule has 1 aliphatic carbocycles. The van der Waals surface area contributed by atoms with Crippen molar-refractivity contribution in [2.75, 3.05) is 0 Å². The smallest absolute Gasteiger partial charge is 0.228 e. The topological polar surface area (TPSA) is 43.4 Å². The van der Waals surface area contributed by atoms with Crippen LogP contribution in [0, 0.1) is 6.92 Å². The van der Waals surface area contributed by atoms with Crippen LogP contribution in [0.1, 0.15) is 55.8 Å². The number of carbonyl (C=O) groups excluding carboxylic acids is 2. The van der Waals surface area contributed by atoms with Crippen LogP contribution in [-0.2, 0) is 4.74 Å². The quantitative estimate of drug-likeness (QED) is 0.583. The van der Waals surface area contributed by atoms with Gasteiger partial charge in [-0.15, -0.1) is 0 Å². The zero-order valence-electron chi connectivity index (χ0n) is 16.1. The van der Waals surface area contributed by atoms with Crippen LogP contribution in [0.5, 0.6) is 0 Å². The van der Waals surface area contributed by atoms with E-state index < -0.39 is 0 Å². The summed E-state index contributed by atoms with van der Waals surface area (Å²) in [6, 6.07) is 25.1. The molecular weight excluding hydrogens is 360 g/mol. The first-order valence-corrected chi connectivity index (χ1v) is 9.84. The highest BCUT2D eigenvalue weighted by Gasteiger charge is 2.43. The summed E-state index contributed by atoms with van der Waals surface area (Å²) < 4.78 is 6.22. The molecule has 2 aliphatic rings. The Bertz CT molecular complexity index is 1140. The summed E-state index contributed by atoms with van der Waals surface area (Å²) in [5.74, 6) is -0.283. The van der Waals surface area contributed by atoms with Crippen LogP contribution in [0.25, 0.3) is 0 Å². The van der Waals surface area contributed by atoms with Crippen LogP contribution in [-0.4, -0.2) is 11.6 Å². The normalized spacial score (nSPS) is 20.7. The monoisotopic (exact) mass is 380 g/mol. The van der Waals surface area contributed by atoms with Gasteiger partial charge in [0, 0.05) is 17.0 Å². The van der Waals surface area contributed by atoms with E-state index in [1.165, 1.54) is 5.56 Å². The predicted octanol–water partition coefficient (Wildman–Crippen LogP) is 5.57. The third-order valence-corrected chi connectivity index (χ3v) is 5.82. The number of ketones is 2. The Kier molecular flexibility index (Phi) is 4.17. The van der Waals surface area contributed by atoms with Crippen LogP contribution in [0.15, 0.2) is 90.2 Å². The number of allylic oxidation sites excluding steroid dienone is 2. The average molecular weight is 380 g/mol. The van der Waals surface area contributed by atoms with Crippen LogP contribution >= 0.6 is 0 Å². The second-order valence-electron chi connectivity index (χ2n) is 7.66. The summed E-state index contributed by atoms with van der Waals surface area (Å²) in [5.41, 5.74) is 4.59. The van der Waals surface area contributed by atoms with E-state index in [9.17, 15) is 9.59 Å². The molecule has 3 heteroatoms. The number of ether oxygens (including phenoxy) is 1. The van der Waals surface area contributed by atoms with E-state index in [4.69, 9.17) is 4.74 Å². The van der Waals surface area contributed by atoms with Crippen LogP contribution in [0.3, 0.4) is 0 Å². The van der Waals surface area contributed by atoms with E-state index in [1.54, 1.807) is 24.3 Å². The molecule has 2 atom stereocenters.